The first-order valence-electron chi connectivity index (χ1n) is 8.87. The molecule has 0 fully saturated rings. The molecule has 0 saturated carbocycles. The van der Waals surface area contributed by atoms with Gasteiger partial charge < -0.3 is 10.2 Å². The molecule has 28 heavy (non-hydrogen) atoms. The lowest BCUT2D eigenvalue weighted by molar-refractivity contribution is 0.0987. The second kappa shape index (κ2) is 7.13. The van der Waals surface area contributed by atoms with Crippen LogP contribution >= 0.6 is 11.8 Å². The van der Waals surface area contributed by atoms with Crippen LogP contribution in [0.2, 0.25) is 0 Å². The van der Waals surface area contributed by atoms with Crippen LogP contribution in [-0.4, -0.2) is 23.8 Å². The summed E-state index contributed by atoms with van der Waals surface area (Å²) in [6.07, 6.45) is 1.68. The molecule has 0 radical (unpaired) electrons. The number of fused-ring (bicyclic) bond motifs is 2. The summed E-state index contributed by atoms with van der Waals surface area (Å²) in [5.74, 6) is -0.246. The highest BCUT2D eigenvalue weighted by molar-refractivity contribution is 7.99. The average Bonchev–Trinajstić information content (AvgIpc) is 2.79. The third kappa shape index (κ3) is 3.27. The number of amides is 2. The van der Waals surface area contributed by atoms with Crippen LogP contribution in [0, 0.1) is 13.8 Å². The number of hydrogen-bond acceptors (Lipinski definition) is 4. The van der Waals surface area contributed by atoms with Crippen LogP contribution in [0.1, 0.15) is 31.8 Å². The van der Waals surface area contributed by atoms with E-state index in [2.05, 4.69) is 10.3 Å². The molecule has 1 aliphatic heterocycles. The smallest absolute Gasteiger partial charge is 0.260 e. The fourth-order valence-electron chi connectivity index (χ4n) is 3.16. The fraction of sp³-hybridized carbons (Fsp3) is 0.136. The van der Waals surface area contributed by atoms with Crippen molar-refractivity contribution in [2.45, 2.75) is 23.8 Å². The van der Waals surface area contributed by atoms with Crippen molar-refractivity contribution in [2.24, 2.45) is 0 Å². The van der Waals surface area contributed by atoms with Gasteiger partial charge in [-0.3, -0.25) is 9.59 Å². The van der Waals surface area contributed by atoms with Gasteiger partial charge in [0.05, 0.1) is 11.3 Å². The monoisotopic (exact) mass is 389 g/mol. The van der Waals surface area contributed by atoms with E-state index in [1.807, 2.05) is 50.2 Å². The molecule has 3 aromatic rings. The molecular formula is C22H19N3O2S. The van der Waals surface area contributed by atoms with Crippen molar-refractivity contribution in [3.63, 3.8) is 0 Å². The number of hydrogen-bond donors (Lipinski definition) is 1. The molecule has 2 amide bonds. The van der Waals surface area contributed by atoms with Gasteiger partial charge in [-0.2, -0.15) is 0 Å². The first-order chi connectivity index (χ1) is 13.4. The van der Waals surface area contributed by atoms with Crippen LogP contribution in [0.5, 0.6) is 0 Å². The highest BCUT2D eigenvalue weighted by Gasteiger charge is 2.25. The molecule has 0 saturated heterocycles. The lowest BCUT2D eigenvalue weighted by atomic mass is 10.0. The summed E-state index contributed by atoms with van der Waals surface area (Å²) in [5, 5.41) is 3.63. The Morgan fingerprint density at radius 1 is 1.11 bits per heavy atom. The first kappa shape index (κ1) is 18.3. The topological polar surface area (TPSA) is 62.3 Å². The van der Waals surface area contributed by atoms with Gasteiger partial charge in [-0.25, -0.2) is 4.98 Å². The zero-order chi connectivity index (χ0) is 19.8. The molecule has 0 unspecified atom stereocenters. The first-order valence-corrected chi connectivity index (χ1v) is 9.69. The fourth-order valence-corrected chi connectivity index (χ4v) is 4.24. The molecule has 0 spiro atoms. The van der Waals surface area contributed by atoms with Crippen molar-refractivity contribution in [3.8, 4) is 0 Å². The van der Waals surface area contributed by atoms with Crippen LogP contribution in [0.25, 0.3) is 0 Å². The highest BCUT2D eigenvalue weighted by atomic mass is 32.2. The van der Waals surface area contributed by atoms with E-state index >= 15 is 0 Å². The summed E-state index contributed by atoms with van der Waals surface area (Å²) >= 11 is 1.43. The van der Waals surface area contributed by atoms with Crippen molar-refractivity contribution in [1.82, 2.24) is 4.98 Å². The van der Waals surface area contributed by atoms with Gasteiger partial charge >= 0.3 is 0 Å². The summed E-state index contributed by atoms with van der Waals surface area (Å²) in [7, 11) is 1.75. The number of pyridine rings is 1. The zero-order valence-corrected chi connectivity index (χ0v) is 16.6. The van der Waals surface area contributed by atoms with Crippen LogP contribution in [-0.2, 0) is 0 Å². The van der Waals surface area contributed by atoms with Crippen molar-refractivity contribution < 1.29 is 9.59 Å². The minimum Gasteiger partial charge on any atom is -0.322 e. The summed E-state index contributed by atoms with van der Waals surface area (Å²) in [6.45, 7) is 3.89. The molecule has 2 heterocycles. The molecule has 0 bridgehead atoms. The molecular weight excluding hydrogens is 370 g/mol. The standard InChI is InChI=1S/C22H19N3O2S/c1-13-6-7-14(2)17(11-13)20(26)24-15-8-9-18-19(12-15)28-21-16(5-4-10-23-21)22(27)25(18)3/h4-12H,1-3H3,(H,24,26). The average molecular weight is 389 g/mol. The predicted molar refractivity (Wildman–Crippen MR) is 111 cm³/mol. The van der Waals surface area contributed by atoms with E-state index in [1.165, 1.54) is 11.8 Å². The highest BCUT2D eigenvalue weighted by Crippen LogP contribution is 2.41. The molecule has 5 nitrogen and oxygen atoms in total. The lowest BCUT2D eigenvalue weighted by Gasteiger charge is -2.18. The van der Waals surface area contributed by atoms with E-state index in [0.29, 0.717) is 21.8 Å². The Bertz CT molecular complexity index is 1110. The molecule has 1 aliphatic rings. The van der Waals surface area contributed by atoms with Gasteiger partial charge in [0.25, 0.3) is 11.8 Å². The van der Waals surface area contributed by atoms with E-state index in [-0.39, 0.29) is 11.8 Å². The number of carbonyl (C=O) groups excluding carboxylic acids is 2. The molecule has 6 heteroatoms. The maximum absolute atomic E-state index is 12.7. The van der Waals surface area contributed by atoms with E-state index in [0.717, 1.165) is 21.7 Å². The van der Waals surface area contributed by atoms with Crippen LogP contribution in [0.15, 0.2) is 64.6 Å². The summed E-state index contributed by atoms with van der Waals surface area (Å²) < 4.78 is 0. The number of anilines is 2. The predicted octanol–water partition coefficient (Wildman–Crippen LogP) is 4.69. The van der Waals surface area contributed by atoms with Gasteiger partial charge in [-0.15, -0.1) is 0 Å². The summed E-state index contributed by atoms with van der Waals surface area (Å²) in [6, 6.07) is 14.9. The van der Waals surface area contributed by atoms with Crippen LogP contribution in [0.4, 0.5) is 11.4 Å². The van der Waals surface area contributed by atoms with E-state index in [4.69, 9.17) is 0 Å². The molecule has 0 aliphatic carbocycles. The van der Waals surface area contributed by atoms with Gasteiger partial charge in [0.2, 0.25) is 0 Å². The van der Waals surface area contributed by atoms with E-state index in [9.17, 15) is 9.59 Å². The second-order valence-electron chi connectivity index (χ2n) is 6.78. The van der Waals surface area contributed by atoms with Crippen LogP contribution in [0.3, 0.4) is 0 Å². The van der Waals surface area contributed by atoms with Crippen LogP contribution < -0.4 is 10.2 Å². The minimum atomic E-state index is -0.150. The van der Waals surface area contributed by atoms with Gasteiger partial charge in [0, 0.05) is 29.4 Å². The Balaban J connectivity index is 1.68. The molecule has 0 atom stereocenters. The second-order valence-corrected chi connectivity index (χ2v) is 7.81. The van der Waals surface area contributed by atoms with Gasteiger partial charge in [-0.05, 0) is 55.8 Å². The Labute approximate surface area is 167 Å². The molecule has 1 aromatic heterocycles. The van der Waals surface area contributed by atoms with Gasteiger partial charge in [-0.1, -0.05) is 29.5 Å². The molecule has 1 N–H and O–H groups in total. The Hall–Kier alpha value is -3.12. The number of rotatable bonds is 2. The minimum absolute atomic E-state index is 0.0958. The number of aromatic nitrogens is 1. The Kier molecular flexibility index (Phi) is 4.65. The summed E-state index contributed by atoms with van der Waals surface area (Å²) in [4.78, 5) is 32.3. The largest absolute Gasteiger partial charge is 0.322 e. The van der Waals surface area contributed by atoms with E-state index < -0.39 is 0 Å². The van der Waals surface area contributed by atoms with Gasteiger partial charge in [0.15, 0.2) is 0 Å². The molecule has 140 valence electrons. The maximum atomic E-state index is 12.7. The number of nitrogens with one attached hydrogen (secondary N) is 1. The Morgan fingerprint density at radius 2 is 1.93 bits per heavy atom. The van der Waals surface area contributed by atoms with Crippen molar-refractivity contribution in [1.29, 1.82) is 0 Å². The number of aryl methyl sites for hydroxylation is 2. The third-order valence-corrected chi connectivity index (χ3v) is 5.80. The number of nitrogens with zero attached hydrogens (tertiary/aromatic N) is 2. The van der Waals surface area contributed by atoms with Gasteiger partial charge in [0.1, 0.15) is 5.03 Å². The normalized spacial score (nSPS) is 12.8. The number of benzene rings is 2. The molecule has 4 rings (SSSR count). The van der Waals surface area contributed by atoms with Crippen molar-refractivity contribution in [3.05, 3.63) is 77.0 Å². The van der Waals surface area contributed by atoms with E-state index in [1.54, 1.807) is 30.3 Å². The summed E-state index contributed by atoms with van der Waals surface area (Å²) in [5.41, 5.74) is 4.66. The molecule has 2 aromatic carbocycles. The lowest BCUT2D eigenvalue weighted by Crippen LogP contribution is -2.26. The number of carbonyl (C=O) groups is 2. The Morgan fingerprint density at radius 3 is 2.75 bits per heavy atom. The SMILES string of the molecule is Cc1ccc(C)c(C(=O)Nc2ccc3c(c2)Sc2ncccc2C(=O)N3C)c1. The maximum Gasteiger partial charge on any atom is 0.260 e. The zero-order valence-electron chi connectivity index (χ0n) is 15.8. The third-order valence-electron chi connectivity index (χ3n) is 4.73. The van der Waals surface area contributed by atoms with Crippen molar-refractivity contribution in [2.75, 3.05) is 17.3 Å². The van der Waals surface area contributed by atoms with Crippen molar-refractivity contribution >= 4 is 35.0 Å². The quantitative estimate of drug-likeness (QED) is 0.691.